The van der Waals surface area contributed by atoms with Gasteiger partial charge in [-0.3, -0.25) is 0 Å². The molecule has 1 fully saturated rings. The zero-order chi connectivity index (χ0) is 24.4. The highest BCUT2D eigenvalue weighted by Crippen LogP contribution is 2.24. The second-order valence-electron chi connectivity index (χ2n) is 10.3. The van der Waals surface area contributed by atoms with E-state index >= 15 is 0 Å². The zero-order valence-corrected chi connectivity index (χ0v) is 21.3. The van der Waals surface area contributed by atoms with Gasteiger partial charge in [0.05, 0.1) is 13.7 Å². The predicted molar refractivity (Wildman–Crippen MR) is 137 cm³/mol. The summed E-state index contributed by atoms with van der Waals surface area (Å²) in [7, 11) is 1.71. The summed E-state index contributed by atoms with van der Waals surface area (Å²) in [5, 5.41) is 0. The lowest BCUT2D eigenvalue weighted by Crippen LogP contribution is -2.44. The maximum atomic E-state index is 12.4. The van der Waals surface area contributed by atoms with E-state index < -0.39 is 5.60 Å². The average Bonchev–Trinajstić information content (AvgIpc) is 2.82. The van der Waals surface area contributed by atoms with E-state index in [1.54, 1.807) is 7.11 Å². The van der Waals surface area contributed by atoms with Crippen molar-refractivity contribution in [3.05, 3.63) is 59.7 Å². The average molecular weight is 468 g/mol. The quantitative estimate of drug-likeness (QED) is 0.366. The molecule has 0 bridgehead atoms. The SMILES string of the molecule is COc1cccc(CCCCCc2ccccc2OCC2CCCN(C(=O)OC(C)(C)C)C2)c1. The van der Waals surface area contributed by atoms with Crippen molar-refractivity contribution < 1.29 is 19.0 Å². The highest BCUT2D eigenvalue weighted by Gasteiger charge is 2.28. The van der Waals surface area contributed by atoms with Crippen LogP contribution in [0.4, 0.5) is 4.79 Å². The molecular weight excluding hydrogens is 426 g/mol. The Hall–Kier alpha value is -2.69. The molecule has 0 aliphatic carbocycles. The van der Waals surface area contributed by atoms with E-state index in [1.807, 2.05) is 37.8 Å². The number of methoxy groups -OCH3 is 1. The Morgan fingerprint density at radius 1 is 1.03 bits per heavy atom. The van der Waals surface area contributed by atoms with Crippen LogP contribution < -0.4 is 9.47 Å². The maximum absolute atomic E-state index is 12.4. The number of para-hydroxylation sites is 1. The summed E-state index contributed by atoms with van der Waals surface area (Å²) >= 11 is 0. The number of carbonyl (C=O) groups is 1. The van der Waals surface area contributed by atoms with Gasteiger partial charge in [-0.1, -0.05) is 36.8 Å². The third kappa shape index (κ3) is 8.58. The van der Waals surface area contributed by atoms with Gasteiger partial charge in [0.1, 0.15) is 17.1 Å². The van der Waals surface area contributed by atoms with Gasteiger partial charge >= 0.3 is 6.09 Å². The van der Waals surface area contributed by atoms with Crippen LogP contribution in [0.3, 0.4) is 0 Å². The molecule has 3 rings (SSSR count). The molecular formula is C29H41NO4. The van der Waals surface area contributed by atoms with E-state index in [9.17, 15) is 4.79 Å². The Kier molecular flexibility index (Phi) is 9.67. The third-order valence-electron chi connectivity index (χ3n) is 6.16. The first-order valence-electron chi connectivity index (χ1n) is 12.7. The molecule has 0 N–H and O–H groups in total. The second kappa shape index (κ2) is 12.7. The van der Waals surface area contributed by atoms with E-state index in [1.165, 1.54) is 24.0 Å². The number of unbranched alkanes of at least 4 members (excludes halogenated alkanes) is 2. The van der Waals surface area contributed by atoms with Gasteiger partial charge in [0.25, 0.3) is 0 Å². The number of hydrogen-bond donors (Lipinski definition) is 0. The van der Waals surface area contributed by atoms with Gasteiger partial charge in [0, 0.05) is 19.0 Å². The Labute approximate surface area is 205 Å². The fraction of sp³-hybridized carbons (Fsp3) is 0.552. The second-order valence-corrected chi connectivity index (χ2v) is 10.3. The van der Waals surface area contributed by atoms with Crippen LogP contribution in [0.15, 0.2) is 48.5 Å². The summed E-state index contributed by atoms with van der Waals surface area (Å²) in [6.45, 7) is 7.81. The summed E-state index contributed by atoms with van der Waals surface area (Å²) in [6.07, 6.45) is 7.42. The highest BCUT2D eigenvalue weighted by atomic mass is 16.6. The minimum absolute atomic E-state index is 0.216. The lowest BCUT2D eigenvalue weighted by Gasteiger charge is -2.34. The molecule has 1 saturated heterocycles. The van der Waals surface area contributed by atoms with Crippen LogP contribution in [0.5, 0.6) is 11.5 Å². The molecule has 34 heavy (non-hydrogen) atoms. The number of hydrogen-bond acceptors (Lipinski definition) is 4. The molecule has 1 aliphatic heterocycles. The lowest BCUT2D eigenvalue weighted by atomic mass is 9.99. The third-order valence-corrected chi connectivity index (χ3v) is 6.16. The molecule has 5 heteroatoms. The summed E-state index contributed by atoms with van der Waals surface area (Å²) in [5.41, 5.74) is 2.13. The van der Waals surface area contributed by atoms with Gasteiger partial charge in [-0.15, -0.1) is 0 Å². The molecule has 0 aromatic heterocycles. The van der Waals surface area contributed by atoms with Crippen molar-refractivity contribution in [3.63, 3.8) is 0 Å². The molecule has 2 aromatic rings. The minimum Gasteiger partial charge on any atom is -0.497 e. The molecule has 1 aliphatic rings. The standard InChI is InChI=1S/C29H41NO4/c1-29(2,3)34-28(31)30-19-11-14-24(21-30)22-33-27-18-9-8-16-25(27)15-7-5-6-12-23-13-10-17-26(20-23)32-4/h8-10,13,16-18,20,24H,5-7,11-12,14-15,19,21-22H2,1-4H3. The number of amides is 1. The van der Waals surface area contributed by atoms with Crippen LogP contribution >= 0.6 is 0 Å². The van der Waals surface area contributed by atoms with Crippen molar-refractivity contribution in [1.82, 2.24) is 4.90 Å². The van der Waals surface area contributed by atoms with E-state index in [4.69, 9.17) is 14.2 Å². The monoisotopic (exact) mass is 467 g/mol. The molecule has 1 atom stereocenters. The van der Waals surface area contributed by atoms with Crippen molar-refractivity contribution in [2.75, 3.05) is 26.8 Å². The fourth-order valence-corrected chi connectivity index (χ4v) is 4.40. The van der Waals surface area contributed by atoms with E-state index in [0.717, 1.165) is 50.1 Å². The number of rotatable bonds is 10. The van der Waals surface area contributed by atoms with Crippen LogP contribution in [0.2, 0.25) is 0 Å². The smallest absolute Gasteiger partial charge is 0.410 e. The number of benzene rings is 2. The van der Waals surface area contributed by atoms with Crippen molar-refractivity contribution >= 4 is 6.09 Å². The van der Waals surface area contributed by atoms with Crippen LogP contribution in [0, 0.1) is 5.92 Å². The van der Waals surface area contributed by atoms with Crippen LogP contribution in [-0.2, 0) is 17.6 Å². The highest BCUT2D eigenvalue weighted by molar-refractivity contribution is 5.68. The van der Waals surface area contributed by atoms with Crippen molar-refractivity contribution in [2.24, 2.45) is 5.92 Å². The summed E-state index contributed by atoms with van der Waals surface area (Å²) in [6, 6.07) is 16.7. The maximum Gasteiger partial charge on any atom is 0.410 e. The number of ether oxygens (including phenoxy) is 3. The molecule has 5 nitrogen and oxygen atoms in total. The van der Waals surface area contributed by atoms with Gasteiger partial charge in [0.15, 0.2) is 0 Å². The molecule has 0 radical (unpaired) electrons. The molecule has 1 amide bonds. The normalized spacial score (nSPS) is 16.2. The van der Waals surface area contributed by atoms with E-state index in [2.05, 4.69) is 36.4 Å². The van der Waals surface area contributed by atoms with Crippen LogP contribution in [-0.4, -0.2) is 43.4 Å². The van der Waals surface area contributed by atoms with Gasteiger partial charge in [-0.2, -0.15) is 0 Å². The van der Waals surface area contributed by atoms with Crippen molar-refractivity contribution in [1.29, 1.82) is 0 Å². The van der Waals surface area contributed by atoms with E-state index in [0.29, 0.717) is 19.1 Å². The molecule has 1 heterocycles. The van der Waals surface area contributed by atoms with Crippen molar-refractivity contribution in [2.45, 2.75) is 71.3 Å². The molecule has 0 saturated carbocycles. The van der Waals surface area contributed by atoms with E-state index in [-0.39, 0.29) is 6.09 Å². The molecule has 2 aromatic carbocycles. The first-order chi connectivity index (χ1) is 16.3. The van der Waals surface area contributed by atoms with Crippen LogP contribution in [0.1, 0.15) is 64.0 Å². The lowest BCUT2D eigenvalue weighted by molar-refractivity contribution is 0.0139. The Balaban J connectivity index is 1.42. The minimum atomic E-state index is -0.465. The first-order valence-corrected chi connectivity index (χ1v) is 12.7. The fourth-order valence-electron chi connectivity index (χ4n) is 4.40. The summed E-state index contributed by atoms with van der Waals surface area (Å²) in [5.74, 6) is 2.23. The predicted octanol–water partition coefficient (Wildman–Crippen LogP) is 6.68. The van der Waals surface area contributed by atoms with Gasteiger partial charge in [-0.05, 0) is 88.6 Å². The number of likely N-dealkylation sites (tertiary alicyclic amines) is 1. The number of nitrogens with zero attached hydrogens (tertiary/aromatic N) is 1. The topological polar surface area (TPSA) is 48.0 Å². The number of aryl methyl sites for hydroxylation is 2. The summed E-state index contributed by atoms with van der Waals surface area (Å²) in [4.78, 5) is 14.3. The van der Waals surface area contributed by atoms with Gasteiger partial charge < -0.3 is 19.1 Å². The number of carbonyl (C=O) groups excluding carboxylic acids is 1. The molecule has 1 unspecified atom stereocenters. The first kappa shape index (κ1) is 25.9. The van der Waals surface area contributed by atoms with Gasteiger partial charge in [0.2, 0.25) is 0 Å². The Morgan fingerprint density at radius 2 is 1.82 bits per heavy atom. The molecule has 186 valence electrons. The molecule has 0 spiro atoms. The number of piperidine rings is 1. The zero-order valence-electron chi connectivity index (χ0n) is 21.3. The van der Waals surface area contributed by atoms with Gasteiger partial charge in [-0.25, -0.2) is 4.79 Å². The van der Waals surface area contributed by atoms with Crippen molar-refractivity contribution in [3.8, 4) is 11.5 Å². The Morgan fingerprint density at radius 3 is 2.62 bits per heavy atom. The Bertz CT molecular complexity index is 905. The summed E-state index contributed by atoms with van der Waals surface area (Å²) < 4.78 is 17.1. The van der Waals surface area contributed by atoms with Crippen LogP contribution in [0.25, 0.3) is 0 Å². The largest absolute Gasteiger partial charge is 0.497 e.